The summed E-state index contributed by atoms with van der Waals surface area (Å²) in [5.74, 6) is -2.79. The first-order valence-electron chi connectivity index (χ1n) is 7.02. The van der Waals surface area contributed by atoms with Crippen LogP contribution in [0.4, 0.5) is 13.2 Å². The minimum absolute atomic E-state index is 0.0823. The fraction of sp³-hybridized carbons (Fsp3) is 0.923. The zero-order valence-corrected chi connectivity index (χ0v) is 11.4. The van der Waals surface area contributed by atoms with Crippen molar-refractivity contribution in [2.45, 2.75) is 45.2 Å². The summed E-state index contributed by atoms with van der Waals surface area (Å²) < 4.78 is 38.6. The molecular formula is C13H23F3N2O. The van der Waals surface area contributed by atoms with Crippen LogP contribution in [-0.2, 0) is 4.79 Å². The molecule has 2 N–H and O–H groups in total. The summed E-state index contributed by atoms with van der Waals surface area (Å²) in [7, 11) is 0. The highest BCUT2D eigenvalue weighted by Crippen LogP contribution is 2.41. The minimum atomic E-state index is -4.26. The van der Waals surface area contributed by atoms with E-state index >= 15 is 0 Å². The van der Waals surface area contributed by atoms with Crippen molar-refractivity contribution in [2.75, 3.05) is 19.6 Å². The van der Waals surface area contributed by atoms with Gasteiger partial charge in [0.25, 0.3) is 0 Å². The van der Waals surface area contributed by atoms with Gasteiger partial charge in [-0.15, -0.1) is 0 Å². The Morgan fingerprint density at radius 2 is 1.89 bits per heavy atom. The second-order valence-electron chi connectivity index (χ2n) is 5.04. The van der Waals surface area contributed by atoms with Crippen LogP contribution in [-0.4, -0.2) is 31.7 Å². The molecule has 0 aliphatic heterocycles. The molecule has 2 unspecified atom stereocenters. The molecular weight excluding hydrogens is 257 g/mol. The van der Waals surface area contributed by atoms with Crippen molar-refractivity contribution >= 4 is 5.91 Å². The Bertz CT molecular complexity index is 282. The van der Waals surface area contributed by atoms with Gasteiger partial charge in [0, 0.05) is 12.5 Å². The molecule has 0 radical (unpaired) electrons. The third-order valence-electron chi connectivity index (χ3n) is 3.60. The molecule has 6 heteroatoms. The van der Waals surface area contributed by atoms with Gasteiger partial charge in [-0.1, -0.05) is 19.8 Å². The predicted octanol–water partition coefficient (Wildman–Crippen LogP) is 2.47. The smallest absolute Gasteiger partial charge is 0.356 e. The molecule has 112 valence electrons. The van der Waals surface area contributed by atoms with Crippen LogP contribution in [0.3, 0.4) is 0 Å². The fourth-order valence-corrected chi connectivity index (χ4v) is 2.57. The van der Waals surface area contributed by atoms with Crippen molar-refractivity contribution in [3.05, 3.63) is 0 Å². The van der Waals surface area contributed by atoms with E-state index in [1.807, 2.05) is 6.92 Å². The van der Waals surface area contributed by atoms with Crippen molar-refractivity contribution in [2.24, 2.45) is 11.8 Å². The molecule has 0 bridgehead atoms. The standard InChI is InChI=1S/C13H23F3N2O/c1-2-17-8-5-9-18-12(19)10-6-3-4-7-11(10)13(14,15)16/h10-11,17H,2-9H2,1H3,(H,18,19). The van der Waals surface area contributed by atoms with Gasteiger partial charge in [0.2, 0.25) is 5.91 Å². The number of alkyl halides is 3. The van der Waals surface area contributed by atoms with Crippen molar-refractivity contribution in [3.8, 4) is 0 Å². The van der Waals surface area contributed by atoms with E-state index in [0.29, 0.717) is 25.8 Å². The monoisotopic (exact) mass is 280 g/mol. The molecule has 0 heterocycles. The molecule has 3 nitrogen and oxygen atoms in total. The van der Waals surface area contributed by atoms with Gasteiger partial charge in [-0.2, -0.15) is 13.2 Å². The number of halogens is 3. The Morgan fingerprint density at radius 1 is 1.21 bits per heavy atom. The molecule has 2 atom stereocenters. The molecule has 1 rings (SSSR count). The zero-order chi connectivity index (χ0) is 14.3. The van der Waals surface area contributed by atoms with E-state index in [1.165, 1.54) is 0 Å². The summed E-state index contributed by atoms with van der Waals surface area (Å²) in [5.41, 5.74) is 0. The lowest BCUT2D eigenvalue weighted by molar-refractivity contribution is -0.198. The quantitative estimate of drug-likeness (QED) is 0.734. The van der Waals surface area contributed by atoms with Crippen molar-refractivity contribution in [3.63, 3.8) is 0 Å². The van der Waals surface area contributed by atoms with Crippen LogP contribution in [0.2, 0.25) is 0 Å². The van der Waals surface area contributed by atoms with E-state index in [2.05, 4.69) is 10.6 Å². The van der Waals surface area contributed by atoms with Crippen LogP contribution in [0.25, 0.3) is 0 Å². The third-order valence-corrected chi connectivity index (χ3v) is 3.60. The van der Waals surface area contributed by atoms with Crippen LogP contribution >= 0.6 is 0 Å². The molecule has 19 heavy (non-hydrogen) atoms. The van der Waals surface area contributed by atoms with Crippen LogP contribution < -0.4 is 10.6 Å². The van der Waals surface area contributed by atoms with Crippen molar-refractivity contribution in [1.82, 2.24) is 10.6 Å². The molecule has 0 saturated heterocycles. The third kappa shape index (κ3) is 5.38. The van der Waals surface area contributed by atoms with E-state index in [0.717, 1.165) is 19.5 Å². The van der Waals surface area contributed by atoms with E-state index in [-0.39, 0.29) is 6.42 Å². The summed E-state index contributed by atoms with van der Waals surface area (Å²) >= 11 is 0. The van der Waals surface area contributed by atoms with Crippen LogP contribution in [0.5, 0.6) is 0 Å². The number of amides is 1. The Hall–Kier alpha value is -0.780. The lowest BCUT2D eigenvalue weighted by Gasteiger charge is -2.32. The molecule has 1 fully saturated rings. The number of carbonyl (C=O) groups excluding carboxylic acids is 1. The maximum absolute atomic E-state index is 12.9. The largest absolute Gasteiger partial charge is 0.392 e. The molecule has 0 spiro atoms. The number of hydrogen-bond donors (Lipinski definition) is 2. The zero-order valence-electron chi connectivity index (χ0n) is 11.4. The summed E-state index contributed by atoms with van der Waals surface area (Å²) in [5, 5.41) is 5.74. The van der Waals surface area contributed by atoms with E-state index in [9.17, 15) is 18.0 Å². The maximum Gasteiger partial charge on any atom is 0.392 e. The van der Waals surface area contributed by atoms with Crippen LogP contribution in [0, 0.1) is 11.8 Å². The molecule has 1 aliphatic carbocycles. The van der Waals surface area contributed by atoms with Gasteiger partial charge in [-0.05, 0) is 32.4 Å². The highest BCUT2D eigenvalue weighted by atomic mass is 19.4. The molecule has 1 aliphatic rings. The number of hydrogen-bond acceptors (Lipinski definition) is 2. The Morgan fingerprint density at radius 3 is 2.53 bits per heavy atom. The number of rotatable bonds is 6. The average Bonchev–Trinajstić information content (AvgIpc) is 2.37. The Kier molecular flexibility index (Phi) is 6.62. The van der Waals surface area contributed by atoms with Gasteiger partial charge in [-0.25, -0.2) is 0 Å². The molecule has 0 aromatic carbocycles. The molecule has 1 amide bonds. The fourth-order valence-electron chi connectivity index (χ4n) is 2.57. The lowest BCUT2D eigenvalue weighted by atomic mass is 9.78. The van der Waals surface area contributed by atoms with E-state index < -0.39 is 23.9 Å². The normalized spacial score (nSPS) is 24.2. The first-order chi connectivity index (χ1) is 8.96. The lowest BCUT2D eigenvalue weighted by Crippen LogP contribution is -2.43. The SMILES string of the molecule is CCNCCCNC(=O)C1CCCCC1C(F)(F)F. The van der Waals surface area contributed by atoms with Crippen LogP contribution in [0.1, 0.15) is 39.0 Å². The number of carbonyl (C=O) groups is 1. The molecule has 0 aromatic rings. The highest BCUT2D eigenvalue weighted by molar-refractivity contribution is 5.79. The summed E-state index contributed by atoms with van der Waals surface area (Å²) in [4.78, 5) is 11.9. The number of nitrogens with one attached hydrogen (secondary N) is 2. The average molecular weight is 280 g/mol. The van der Waals surface area contributed by atoms with E-state index in [1.54, 1.807) is 0 Å². The minimum Gasteiger partial charge on any atom is -0.356 e. The topological polar surface area (TPSA) is 41.1 Å². The Balaban J connectivity index is 2.40. The van der Waals surface area contributed by atoms with Crippen molar-refractivity contribution < 1.29 is 18.0 Å². The van der Waals surface area contributed by atoms with Gasteiger partial charge < -0.3 is 10.6 Å². The summed E-state index contributed by atoms with van der Waals surface area (Å²) in [6, 6.07) is 0. The van der Waals surface area contributed by atoms with Crippen molar-refractivity contribution in [1.29, 1.82) is 0 Å². The van der Waals surface area contributed by atoms with Crippen LogP contribution in [0.15, 0.2) is 0 Å². The second-order valence-corrected chi connectivity index (χ2v) is 5.04. The summed E-state index contributed by atoms with van der Waals surface area (Å²) in [6.45, 7) is 4.04. The molecule has 1 saturated carbocycles. The Labute approximate surface area is 112 Å². The van der Waals surface area contributed by atoms with Gasteiger partial charge in [-0.3, -0.25) is 4.79 Å². The first kappa shape index (κ1) is 16.3. The van der Waals surface area contributed by atoms with E-state index in [4.69, 9.17) is 0 Å². The van der Waals surface area contributed by atoms with Gasteiger partial charge >= 0.3 is 6.18 Å². The van der Waals surface area contributed by atoms with Gasteiger partial charge in [0.15, 0.2) is 0 Å². The highest BCUT2D eigenvalue weighted by Gasteiger charge is 2.47. The van der Waals surface area contributed by atoms with Gasteiger partial charge in [0.1, 0.15) is 0 Å². The maximum atomic E-state index is 12.9. The molecule has 0 aromatic heterocycles. The first-order valence-corrected chi connectivity index (χ1v) is 7.02. The second kappa shape index (κ2) is 7.72. The summed E-state index contributed by atoms with van der Waals surface area (Å²) in [6.07, 6.45) is -1.81. The van der Waals surface area contributed by atoms with Gasteiger partial charge in [0.05, 0.1) is 5.92 Å². The predicted molar refractivity (Wildman–Crippen MR) is 67.7 cm³/mol.